The number of carbonyl (C=O) groups excluding carboxylic acids is 1. The molecule has 0 aromatic heterocycles. The maximum absolute atomic E-state index is 12.5. The number of anilines is 1. The molecule has 146 valence electrons. The highest BCUT2D eigenvalue weighted by molar-refractivity contribution is 9.10. The lowest BCUT2D eigenvalue weighted by Crippen LogP contribution is -2.41. The summed E-state index contributed by atoms with van der Waals surface area (Å²) < 4.78 is 31.5. The van der Waals surface area contributed by atoms with Crippen LogP contribution in [0, 0.1) is 0 Å². The van der Waals surface area contributed by atoms with E-state index in [1.807, 2.05) is 38.1 Å². The van der Waals surface area contributed by atoms with Crippen molar-refractivity contribution in [1.29, 1.82) is 0 Å². The molecule has 0 aliphatic rings. The predicted molar refractivity (Wildman–Crippen MR) is 111 cm³/mol. The third kappa shape index (κ3) is 5.97. The molecule has 0 fully saturated rings. The van der Waals surface area contributed by atoms with E-state index in [0.29, 0.717) is 16.8 Å². The molecule has 0 bridgehead atoms. The minimum atomic E-state index is -3.62. The number of nitrogens with one attached hydrogen (secondary N) is 1. The topological polar surface area (TPSA) is 75.7 Å². The normalized spacial score (nSPS) is 12.3. The van der Waals surface area contributed by atoms with Gasteiger partial charge in [-0.1, -0.05) is 24.3 Å². The number of carbonyl (C=O) groups is 1. The minimum Gasteiger partial charge on any atom is -0.494 e. The molecule has 0 heterocycles. The van der Waals surface area contributed by atoms with E-state index in [2.05, 4.69) is 21.2 Å². The first-order valence-electron chi connectivity index (χ1n) is 8.46. The maximum Gasteiger partial charge on any atom is 0.241 e. The van der Waals surface area contributed by atoms with Crippen LogP contribution in [-0.2, 0) is 14.8 Å². The second-order valence-electron chi connectivity index (χ2n) is 6.01. The van der Waals surface area contributed by atoms with E-state index < -0.39 is 15.9 Å². The zero-order valence-corrected chi connectivity index (χ0v) is 17.9. The average molecular weight is 455 g/mol. The standard InChI is InChI=1S/C19H23BrN2O4S/c1-4-26-16-11-9-15(10-12-16)14(2)21-19(23)13-22(27(3,24)25)18-8-6-5-7-17(18)20/h5-12,14H,4,13H2,1-3H3,(H,21,23)/t14-/m0/s1. The fraction of sp³-hybridized carbons (Fsp3) is 0.316. The van der Waals surface area contributed by atoms with Crippen molar-refractivity contribution in [2.75, 3.05) is 23.7 Å². The third-order valence-electron chi connectivity index (χ3n) is 3.88. The number of hydrogen-bond donors (Lipinski definition) is 1. The predicted octanol–water partition coefficient (Wildman–Crippen LogP) is 3.49. The molecule has 8 heteroatoms. The second kappa shape index (κ2) is 9.23. The second-order valence-corrected chi connectivity index (χ2v) is 8.77. The van der Waals surface area contributed by atoms with Crippen LogP contribution in [-0.4, -0.2) is 33.7 Å². The SMILES string of the molecule is CCOc1ccc([C@H](C)NC(=O)CN(c2ccccc2Br)S(C)(=O)=O)cc1. The van der Waals surface area contributed by atoms with Crippen LogP contribution < -0.4 is 14.4 Å². The van der Waals surface area contributed by atoms with Crippen LogP contribution in [0.3, 0.4) is 0 Å². The number of amides is 1. The van der Waals surface area contributed by atoms with Crippen LogP contribution in [0.15, 0.2) is 53.0 Å². The summed E-state index contributed by atoms with van der Waals surface area (Å²) in [6.45, 7) is 4.04. The first kappa shape index (κ1) is 21.2. The van der Waals surface area contributed by atoms with Crippen molar-refractivity contribution in [3.05, 3.63) is 58.6 Å². The minimum absolute atomic E-state index is 0.270. The van der Waals surface area contributed by atoms with Crippen LogP contribution in [0.5, 0.6) is 5.75 Å². The molecule has 2 aromatic carbocycles. The van der Waals surface area contributed by atoms with Gasteiger partial charge in [-0.05, 0) is 59.6 Å². The molecule has 1 N–H and O–H groups in total. The van der Waals surface area contributed by atoms with Crippen molar-refractivity contribution in [2.24, 2.45) is 0 Å². The molecule has 2 rings (SSSR count). The Bertz CT molecular complexity index is 885. The Morgan fingerprint density at radius 2 is 1.81 bits per heavy atom. The van der Waals surface area contributed by atoms with E-state index in [9.17, 15) is 13.2 Å². The highest BCUT2D eigenvalue weighted by atomic mass is 79.9. The van der Waals surface area contributed by atoms with E-state index in [-0.39, 0.29) is 12.6 Å². The quantitative estimate of drug-likeness (QED) is 0.661. The zero-order valence-electron chi connectivity index (χ0n) is 15.5. The Morgan fingerprint density at radius 3 is 2.37 bits per heavy atom. The molecule has 0 radical (unpaired) electrons. The molecule has 0 spiro atoms. The van der Waals surface area contributed by atoms with E-state index >= 15 is 0 Å². The highest BCUT2D eigenvalue weighted by Crippen LogP contribution is 2.27. The summed E-state index contributed by atoms with van der Waals surface area (Å²) in [5.74, 6) is 0.370. The van der Waals surface area contributed by atoms with Gasteiger partial charge < -0.3 is 10.1 Å². The Labute approximate surface area is 168 Å². The van der Waals surface area contributed by atoms with Crippen LogP contribution in [0.2, 0.25) is 0 Å². The number of benzene rings is 2. The largest absolute Gasteiger partial charge is 0.494 e. The Balaban J connectivity index is 2.10. The number of sulfonamides is 1. The number of hydrogen-bond acceptors (Lipinski definition) is 4. The zero-order chi connectivity index (χ0) is 20.0. The molecule has 2 aromatic rings. The van der Waals surface area contributed by atoms with Crippen molar-refractivity contribution in [3.63, 3.8) is 0 Å². The van der Waals surface area contributed by atoms with Crippen molar-refractivity contribution in [2.45, 2.75) is 19.9 Å². The summed E-state index contributed by atoms with van der Waals surface area (Å²) in [6, 6.07) is 14.0. The monoisotopic (exact) mass is 454 g/mol. The maximum atomic E-state index is 12.5. The Kier molecular flexibility index (Phi) is 7.26. The molecular weight excluding hydrogens is 432 g/mol. The number of rotatable bonds is 8. The Morgan fingerprint density at radius 1 is 1.19 bits per heavy atom. The van der Waals surface area contributed by atoms with Gasteiger partial charge in [-0.3, -0.25) is 9.10 Å². The van der Waals surface area contributed by atoms with Crippen molar-refractivity contribution < 1.29 is 17.9 Å². The summed E-state index contributed by atoms with van der Waals surface area (Å²) in [5, 5.41) is 2.84. The average Bonchev–Trinajstić information content (AvgIpc) is 2.60. The molecule has 0 saturated carbocycles. The van der Waals surface area contributed by atoms with E-state index in [4.69, 9.17) is 4.74 Å². The molecule has 0 saturated heterocycles. The fourth-order valence-corrected chi connectivity index (χ4v) is 4.04. The molecule has 1 amide bonds. The summed E-state index contributed by atoms with van der Waals surface area (Å²) in [7, 11) is -3.62. The molecule has 6 nitrogen and oxygen atoms in total. The molecular formula is C19H23BrN2O4S. The van der Waals surface area contributed by atoms with Crippen LogP contribution in [0.4, 0.5) is 5.69 Å². The first-order valence-corrected chi connectivity index (χ1v) is 11.1. The third-order valence-corrected chi connectivity index (χ3v) is 5.67. The van der Waals surface area contributed by atoms with Gasteiger partial charge >= 0.3 is 0 Å². The highest BCUT2D eigenvalue weighted by Gasteiger charge is 2.23. The van der Waals surface area contributed by atoms with Gasteiger partial charge in [0.25, 0.3) is 0 Å². The smallest absolute Gasteiger partial charge is 0.241 e. The van der Waals surface area contributed by atoms with Gasteiger partial charge in [-0.2, -0.15) is 0 Å². The molecule has 0 aliphatic heterocycles. The summed E-state index contributed by atoms with van der Waals surface area (Å²) in [4.78, 5) is 12.5. The van der Waals surface area contributed by atoms with Crippen molar-refractivity contribution in [1.82, 2.24) is 5.32 Å². The number of para-hydroxylation sites is 1. The summed E-state index contributed by atoms with van der Waals surface area (Å²) >= 11 is 3.34. The number of nitrogens with zero attached hydrogens (tertiary/aromatic N) is 1. The lowest BCUT2D eigenvalue weighted by atomic mass is 10.1. The molecule has 0 aliphatic carbocycles. The number of halogens is 1. The lowest BCUT2D eigenvalue weighted by molar-refractivity contribution is -0.120. The van der Waals surface area contributed by atoms with E-state index in [1.54, 1.807) is 24.3 Å². The molecule has 1 atom stereocenters. The van der Waals surface area contributed by atoms with Gasteiger partial charge in [-0.25, -0.2) is 8.42 Å². The van der Waals surface area contributed by atoms with Gasteiger partial charge in [0, 0.05) is 4.47 Å². The Hall–Kier alpha value is -2.06. The van der Waals surface area contributed by atoms with Crippen LogP contribution >= 0.6 is 15.9 Å². The van der Waals surface area contributed by atoms with Crippen molar-refractivity contribution >= 4 is 37.5 Å². The van der Waals surface area contributed by atoms with Crippen LogP contribution in [0.25, 0.3) is 0 Å². The lowest BCUT2D eigenvalue weighted by Gasteiger charge is -2.24. The van der Waals surface area contributed by atoms with Crippen LogP contribution in [0.1, 0.15) is 25.5 Å². The summed E-state index contributed by atoms with van der Waals surface area (Å²) in [5.41, 5.74) is 1.32. The van der Waals surface area contributed by atoms with Gasteiger partial charge in [0.05, 0.1) is 24.6 Å². The molecule has 27 heavy (non-hydrogen) atoms. The first-order chi connectivity index (χ1) is 12.7. The van der Waals surface area contributed by atoms with Gasteiger partial charge in [0.1, 0.15) is 12.3 Å². The van der Waals surface area contributed by atoms with Gasteiger partial charge in [0.15, 0.2) is 0 Å². The van der Waals surface area contributed by atoms with E-state index in [1.165, 1.54) is 0 Å². The summed E-state index contributed by atoms with van der Waals surface area (Å²) in [6.07, 6.45) is 1.08. The number of ether oxygens (including phenoxy) is 1. The van der Waals surface area contributed by atoms with Crippen molar-refractivity contribution in [3.8, 4) is 5.75 Å². The van der Waals surface area contributed by atoms with Gasteiger partial charge in [-0.15, -0.1) is 0 Å². The molecule has 0 unspecified atom stereocenters. The fourth-order valence-electron chi connectivity index (χ4n) is 2.56. The van der Waals surface area contributed by atoms with E-state index in [0.717, 1.165) is 21.9 Å². The van der Waals surface area contributed by atoms with Gasteiger partial charge in [0.2, 0.25) is 15.9 Å².